The number of hydrogen-bond donors (Lipinski definition) is 0. The molecule has 0 nitrogen and oxygen atoms in total. The van der Waals surface area contributed by atoms with Gasteiger partial charge in [0, 0.05) is 0 Å². The average molecular weight is 344 g/mol. The summed E-state index contributed by atoms with van der Waals surface area (Å²) in [5.74, 6) is 2.24. The third-order valence-electron chi connectivity index (χ3n) is 4.78. The standard InChI is InChI=1S/C26H21B/c1-5-13-21(14-6-1)24-19-11-4-12-20-27-26(23-17-9-3-10-18-23)25(24)22-15-7-2-8-16-22/h1-20,27H. The second kappa shape index (κ2) is 8.38. The summed E-state index contributed by atoms with van der Waals surface area (Å²) in [6.45, 7) is 0. The van der Waals surface area contributed by atoms with Crippen molar-refractivity contribution >= 4 is 23.9 Å². The molecule has 0 atom stereocenters. The Morgan fingerprint density at radius 2 is 1.04 bits per heavy atom. The molecule has 0 saturated heterocycles. The molecule has 1 aliphatic heterocycles. The van der Waals surface area contributed by atoms with Crippen molar-refractivity contribution in [2.45, 2.75) is 0 Å². The Hall–Kier alpha value is -3.32. The predicted octanol–water partition coefficient (Wildman–Crippen LogP) is 6.16. The van der Waals surface area contributed by atoms with Crippen LogP contribution in [0.1, 0.15) is 16.7 Å². The first-order valence-corrected chi connectivity index (χ1v) is 9.37. The maximum absolute atomic E-state index is 2.24. The van der Waals surface area contributed by atoms with Gasteiger partial charge in [0.05, 0.1) is 0 Å². The summed E-state index contributed by atoms with van der Waals surface area (Å²) in [7, 11) is 0.892. The number of benzene rings is 3. The van der Waals surface area contributed by atoms with Gasteiger partial charge < -0.3 is 0 Å². The van der Waals surface area contributed by atoms with E-state index in [1.165, 1.54) is 33.3 Å². The van der Waals surface area contributed by atoms with Crippen LogP contribution in [-0.2, 0) is 0 Å². The van der Waals surface area contributed by atoms with Crippen LogP contribution in [0.4, 0.5) is 0 Å². The number of rotatable bonds is 3. The summed E-state index contributed by atoms with van der Waals surface area (Å²) in [5.41, 5.74) is 7.64. The summed E-state index contributed by atoms with van der Waals surface area (Å²) in [6, 6.07) is 32.1. The van der Waals surface area contributed by atoms with Crippen LogP contribution in [0.25, 0.3) is 16.6 Å². The SMILES string of the molecule is B1C=CC=CC=C(c2ccccc2)C(c2ccccc2)=C1c1ccccc1. The second-order valence-electron chi connectivity index (χ2n) is 6.55. The normalized spacial score (nSPS) is 14.0. The first-order chi connectivity index (χ1) is 13.4. The first-order valence-electron chi connectivity index (χ1n) is 9.37. The Morgan fingerprint density at radius 3 is 1.67 bits per heavy atom. The molecule has 0 fully saturated rings. The zero-order valence-electron chi connectivity index (χ0n) is 15.3. The van der Waals surface area contributed by atoms with Crippen LogP contribution in [0.3, 0.4) is 0 Å². The van der Waals surface area contributed by atoms with Gasteiger partial charge in [0.15, 0.2) is 7.28 Å². The molecule has 0 aliphatic carbocycles. The summed E-state index contributed by atoms with van der Waals surface area (Å²) in [4.78, 5) is 0. The van der Waals surface area contributed by atoms with Gasteiger partial charge in [0.1, 0.15) is 0 Å². The molecule has 128 valence electrons. The van der Waals surface area contributed by atoms with Gasteiger partial charge in [-0.2, -0.15) is 0 Å². The largest absolute Gasteiger partial charge is 0.184 e. The van der Waals surface area contributed by atoms with Crippen LogP contribution in [0.15, 0.2) is 121 Å². The zero-order chi connectivity index (χ0) is 18.3. The van der Waals surface area contributed by atoms with Gasteiger partial charge in [-0.15, -0.1) is 5.98 Å². The minimum Gasteiger partial charge on any atom is -0.113 e. The van der Waals surface area contributed by atoms with E-state index in [-0.39, 0.29) is 0 Å². The van der Waals surface area contributed by atoms with E-state index in [0.717, 1.165) is 7.28 Å². The highest BCUT2D eigenvalue weighted by Gasteiger charge is 2.17. The molecule has 27 heavy (non-hydrogen) atoms. The van der Waals surface area contributed by atoms with Gasteiger partial charge in [-0.1, -0.05) is 121 Å². The fourth-order valence-electron chi connectivity index (χ4n) is 3.52. The summed E-state index contributed by atoms with van der Waals surface area (Å²) in [5, 5.41) is 0. The Morgan fingerprint density at radius 1 is 0.481 bits per heavy atom. The molecule has 0 unspecified atom stereocenters. The zero-order valence-corrected chi connectivity index (χ0v) is 15.3. The molecule has 0 amide bonds. The van der Waals surface area contributed by atoms with E-state index in [1.54, 1.807) is 0 Å². The first kappa shape index (κ1) is 17.1. The molecular formula is C26H21B. The fourth-order valence-corrected chi connectivity index (χ4v) is 3.52. The van der Waals surface area contributed by atoms with E-state index in [4.69, 9.17) is 0 Å². The molecule has 0 saturated carbocycles. The Labute approximate surface area is 162 Å². The van der Waals surface area contributed by atoms with Gasteiger partial charge in [-0.3, -0.25) is 0 Å². The fraction of sp³-hybridized carbons (Fsp3) is 0. The maximum Gasteiger partial charge on any atom is 0.184 e. The van der Waals surface area contributed by atoms with Crippen LogP contribution in [0.5, 0.6) is 0 Å². The van der Waals surface area contributed by atoms with Gasteiger partial charge in [0.2, 0.25) is 0 Å². The van der Waals surface area contributed by atoms with E-state index in [0.29, 0.717) is 0 Å². The van der Waals surface area contributed by atoms with Crippen LogP contribution >= 0.6 is 0 Å². The molecule has 1 heterocycles. The maximum atomic E-state index is 2.24. The molecule has 1 heteroatoms. The Bertz CT molecular complexity index is 1010. The molecule has 0 spiro atoms. The lowest BCUT2D eigenvalue weighted by atomic mass is 9.62. The molecule has 1 aliphatic rings. The third-order valence-corrected chi connectivity index (χ3v) is 4.78. The van der Waals surface area contributed by atoms with Crippen molar-refractivity contribution in [3.8, 4) is 0 Å². The Balaban J connectivity index is 2.03. The molecule has 0 radical (unpaired) electrons. The van der Waals surface area contributed by atoms with Crippen molar-refractivity contribution in [3.05, 3.63) is 138 Å². The smallest absolute Gasteiger partial charge is 0.113 e. The molecule has 3 aromatic rings. The molecule has 0 aromatic heterocycles. The van der Waals surface area contributed by atoms with Gasteiger partial charge in [-0.25, -0.2) is 0 Å². The van der Waals surface area contributed by atoms with E-state index < -0.39 is 0 Å². The molecule has 3 aromatic carbocycles. The average Bonchev–Trinajstić information content (AvgIpc) is 2.86. The highest BCUT2D eigenvalue weighted by atomic mass is 14.2. The van der Waals surface area contributed by atoms with Crippen molar-refractivity contribution < 1.29 is 0 Å². The lowest BCUT2D eigenvalue weighted by Gasteiger charge is -2.19. The van der Waals surface area contributed by atoms with Gasteiger partial charge >= 0.3 is 0 Å². The third kappa shape index (κ3) is 3.93. The van der Waals surface area contributed by atoms with Crippen LogP contribution in [0.2, 0.25) is 0 Å². The van der Waals surface area contributed by atoms with E-state index >= 15 is 0 Å². The van der Waals surface area contributed by atoms with Crippen LogP contribution < -0.4 is 0 Å². The van der Waals surface area contributed by atoms with Gasteiger partial charge in [-0.05, 0) is 27.8 Å². The molecule has 0 N–H and O–H groups in total. The number of allylic oxidation sites excluding steroid dienone is 6. The molecule has 4 rings (SSSR count). The lowest BCUT2D eigenvalue weighted by Crippen LogP contribution is -2.01. The van der Waals surface area contributed by atoms with Crippen LogP contribution in [0, 0.1) is 0 Å². The minimum absolute atomic E-state index is 0.892. The second-order valence-corrected chi connectivity index (χ2v) is 6.55. The highest BCUT2D eigenvalue weighted by molar-refractivity contribution is 6.69. The minimum atomic E-state index is 0.892. The quantitative estimate of drug-likeness (QED) is 0.499. The topological polar surface area (TPSA) is 0 Å². The van der Waals surface area contributed by atoms with E-state index in [1.807, 2.05) is 0 Å². The summed E-state index contributed by atoms with van der Waals surface area (Å²) < 4.78 is 0. The Kier molecular flexibility index (Phi) is 5.31. The highest BCUT2D eigenvalue weighted by Crippen LogP contribution is 2.37. The predicted molar refractivity (Wildman–Crippen MR) is 120 cm³/mol. The molecule has 0 bridgehead atoms. The van der Waals surface area contributed by atoms with E-state index in [2.05, 4.69) is 121 Å². The van der Waals surface area contributed by atoms with Gasteiger partial charge in [0.25, 0.3) is 0 Å². The summed E-state index contributed by atoms with van der Waals surface area (Å²) in [6.07, 6.45) is 8.61. The van der Waals surface area contributed by atoms with Crippen molar-refractivity contribution in [2.75, 3.05) is 0 Å². The number of hydrogen-bond acceptors (Lipinski definition) is 0. The molecular weight excluding hydrogens is 323 g/mol. The monoisotopic (exact) mass is 344 g/mol. The van der Waals surface area contributed by atoms with E-state index in [9.17, 15) is 0 Å². The lowest BCUT2D eigenvalue weighted by molar-refractivity contribution is 1.57. The van der Waals surface area contributed by atoms with Crippen molar-refractivity contribution in [1.29, 1.82) is 0 Å². The summed E-state index contributed by atoms with van der Waals surface area (Å²) >= 11 is 0. The van der Waals surface area contributed by atoms with Crippen LogP contribution in [-0.4, -0.2) is 7.28 Å². The van der Waals surface area contributed by atoms with Crippen molar-refractivity contribution in [2.24, 2.45) is 0 Å². The van der Waals surface area contributed by atoms with Crippen molar-refractivity contribution in [1.82, 2.24) is 0 Å². The van der Waals surface area contributed by atoms with Crippen molar-refractivity contribution in [3.63, 3.8) is 0 Å².